The summed E-state index contributed by atoms with van der Waals surface area (Å²) in [6.45, 7) is 0. The van der Waals surface area contributed by atoms with Crippen LogP contribution in [0, 0.1) is 0 Å². The van der Waals surface area contributed by atoms with Crippen molar-refractivity contribution in [2.45, 2.75) is 19.1 Å². The van der Waals surface area contributed by atoms with E-state index in [-0.39, 0.29) is 5.75 Å². The van der Waals surface area contributed by atoms with Gasteiger partial charge in [-0.15, -0.1) is 0 Å². The van der Waals surface area contributed by atoms with Gasteiger partial charge >= 0.3 is 0 Å². The van der Waals surface area contributed by atoms with Gasteiger partial charge in [-0.3, -0.25) is 0 Å². The third kappa shape index (κ3) is 1.23. The van der Waals surface area contributed by atoms with Gasteiger partial charge in [0.05, 0.1) is 0 Å². The summed E-state index contributed by atoms with van der Waals surface area (Å²) in [5.74, 6) is 0.232. The number of aliphatic hydroxyl groups is 1. The molecule has 0 saturated heterocycles. The van der Waals surface area contributed by atoms with Crippen LogP contribution < -0.4 is 5.32 Å². The lowest BCUT2D eigenvalue weighted by molar-refractivity contribution is 0.189. The maximum atomic E-state index is 9.25. The van der Waals surface area contributed by atoms with Crippen molar-refractivity contribution in [3.63, 3.8) is 0 Å². The maximum absolute atomic E-state index is 9.25. The molecule has 3 nitrogen and oxygen atoms in total. The molecule has 12 heavy (non-hydrogen) atoms. The summed E-state index contributed by atoms with van der Waals surface area (Å²) in [4.78, 5) is 0. The summed E-state index contributed by atoms with van der Waals surface area (Å²) < 4.78 is 0. The van der Waals surface area contributed by atoms with Crippen molar-refractivity contribution in [1.29, 1.82) is 0 Å². The average molecular weight is 165 g/mol. The number of rotatable bonds is 0. The number of hydrogen-bond donors (Lipinski definition) is 3. The van der Waals surface area contributed by atoms with Gasteiger partial charge in [0.15, 0.2) is 0 Å². The van der Waals surface area contributed by atoms with E-state index >= 15 is 0 Å². The SMILES string of the molecule is Oc1ccc2c(c1)N[C@H](O)CC2. The van der Waals surface area contributed by atoms with E-state index in [1.54, 1.807) is 12.1 Å². The van der Waals surface area contributed by atoms with Crippen LogP contribution in [0.2, 0.25) is 0 Å². The van der Waals surface area contributed by atoms with Gasteiger partial charge in [0.25, 0.3) is 0 Å². The summed E-state index contributed by atoms with van der Waals surface area (Å²) in [6.07, 6.45) is 1.13. The van der Waals surface area contributed by atoms with Crippen molar-refractivity contribution in [3.8, 4) is 5.75 Å². The van der Waals surface area contributed by atoms with Crippen LogP contribution >= 0.6 is 0 Å². The molecule has 1 atom stereocenters. The van der Waals surface area contributed by atoms with Gasteiger partial charge in [-0.05, 0) is 24.5 Å². The highest BCUT2D eigenvalue weighted by molar-refractivity contribution is 5.56. The molecule has 0 aromatic heterocycles. The van der Waals surface area contributed by atoms with Crippen molar-refractivity contribution < 1.29 is 10.2 Å². The number of phenolic OH excluding ortho intramolecular Hbond substituents is 1. The van der Waals surface area contributed by atoms with Gasteiger partial charge in [-0.25, -0.2) is 0 Å². The van der Waals surface area contributed by atoms with E-state index in [2.05, 4.69) is 5.32 Å². The summed E-state index contributed by atoms with van der Waals surface area (Å²) in [7, 11) is 0. The van der Waals surface area contributed by atoms with Crippen LogP contribution in [0.15, 0.2) is 18.2 Å². The Morgan fingerprint density at radius 3 is 3.08 bits per heavy atom. The van der Waals surface area contributed by atoms with E-state index in [1.165, 1.54) is 0 Å². The Morgan fingerprint density at radius 2 is 2.25 bits per heavy atom. The van der Waals surface area contributed by atoms with Crippen LogP contribution in [-0.2, 0) is 6.42 Å². The van der Waals surface area contributed by atoms with Gasteiger partial charge in [0.2, 0.25) is 0 Å². The number of fused-ring (bicyclic) bond motifs is 1. The molecule has 0 aliphatic carbocycles. The molecule has 1 aromatic rings. The number of nitrogens with one attached hydrogen (secondary N) is 1. The number of benzene rings is 1. The molecule has 3 N–H and O–H groups in total. The summed E-state index contributed by atoms with van der Waals surface area (Å²) in [5.41, 5.74) is 1.99. The number of aromatic hydroxyl groups is 1. The zero-order valence-electron chi connectivity index (χ0n) is 6.62. The molecule has 1 heterocycles. The largest absolute Gasteiger partial charge is 0.508 e. The summed E-state index contributed by atoms with van der Waals surface area (Å²) in [5, 5.41) is 21.3. The Balaban J connectivity index is 2.37. The molecule has 0 bridgehead atoms. The molecule has 0 radical (unpaired) electrons. The highest BCUT2D eigenvalue weighted by Gasteiger charge is 2.14. The monoisotopic (exact) mass is 165 g/mol. The Kier molecular flexibility index (Phi) is 1.66. The molecular weight excluding hydrogens is 154 g/mol. The topological polar surface area (TPSA) is 52.5 Å². The lowest BCUT2D eigenvalue weighted by Crippen LogP contribution is -2.24. The van der Waals surface area contributed by atoms with E-state index in [0.717, 1.165) is 24.1 Å². The number of phenols is 1. The highest BCUT2D eigenvalue weighted by Crippen LogP contribution is 2.27. The van der Waals surface area contributed by atoms with E-state index in [9.17, 15) is 5.11 Å². The number of hydrogen-bond acceptors (Lipinski definition) is 3. The van der Waals surface area contributed by atoms with Gasteiger partial charge in [0, 0.05) is 11.8 Å². The summed E-state index contributed by atoms with van der Waals surface area (Å²) in [6, 6.07) is 5.18. The van der Waals surface area contributed by atoms with Crippen LogP contribution in [0.25, 0.3) is 0 Å². The zero-order valence-corrected chi connectivity index (χ0v) is 6.62. The lowest BCUT2D eigenvalue weighted by Gasteiger charge is -2.22. The molecule has 1 aliphatic rings. The first-order valence-electron chi connectivity index (χ1n) is 4.02. The molecule has 3 heteroatoms. The zero-order chi connectivity index (χ0) is 8.55. The third-order valence-electron chi connectivity index (χ3n) is 2.10. The molecule has 0 spiro atoms. The fraction of sp³-hybridized carbons (Fsp3) is 0.333. The number of aliphatic hydroxyl groups excluding tert-OH is 1. The Morgan fingerprint density at radius 1 is 1.42 bits per heavy atom. The van der Waals surface area contributed by atoms with Gasteiger partial charge in [-0.1, -0.05) is 6.07 Å². The Bertz CT molecular complexity index is 299. The normalized spacial score (nSPS) is 21.2. The first-order chi connectivity index (χ1) is 5.75. The van der Waals surface area contributed by atoms with E-state index in [4.69, 9.17) is 5.11 Å². The maximum Gasteiger partial charge on any atom is 0.124 e. The number of aryl methyl sites for hydroxylation is 1. The van der Waals surface area contributed by atoms with Gasteiger partial charge in [0.1, 0.15) is 12.0 Å². The van der Waals surface area contributed by atoms with Crippen LogP contribution in [0.4, 0.5) is 5.69 Å². The molecular formula is C9H11NO2. The van der Waals surface area contributed by atoms with Crippen molar-refractivity contribution >= 4 is 5.69 Å². The minimum atomic E-state index is -0.473. The molecule has 2 rings (SSSR count). The second-order valence-electron chi connectivity index (χ2n) is 3.04. The third-order valence-corrected chi connectivity index (χ3v) is 2.10. The van der Waals surface area contributed by atoms with Crippen LogP contribution in [-0.4, -0.2) is 16.4 Å². The highest BCUT2D eigenvalue weighted by atomic mass is 16.3. The smallest absolute Gasteiger partial charge is 0.124 e. The fourth-order valence-corrected chi connectivity index (χ4v) is 1.46. The quantitative estimate of drug-likeness (QED) is 0.539. The van der Waals surface area contributed by atoms with E-state index in [1.807, 2.05) is 6.07 Å². The van der Waals surface area contributed by atoms with E-state index in [0.29, 0.717) is 0 Å². The molecule has 0 amide bonds. The van der Waals surface area contributed by atoms with Crippen LogP contribution in [0.3, 0.4) is 0 Å². The minimum absolute atomic E-state index is 0.232. The molecule has 0 unspecified atom stereocenters. The van der Waals surface area contributed by atoms with Crippen molar-refractivity contribution in [3.05, 3.63) is 23.8 Å². The molecule has 0 saturated carbocycles. The Labute approximate surface area is 70.7 Å². The number of anilines is 1. The minimum Gasteiger partial charge on any atom is -0.508 e. The van der Waals surface area contributed by atoms with Crippen LogP contribution in [0.1, 0.15) is 12.0 Å². The van der Waals surface area contributed by atoms with Gasteiger partial charge in [-0.2, -0.15) is 0 Å². The molecule has 1 aliphatic heterocycles. The predicted octanol–water partition coefficient (Wildman–Crippen LogP) is 1.07. The molecule has 64 valence electrons. The second-order valence-corrected chi connectivity index (χ2v) is 3.04. The predicted molar refractivity (Wildman–Crippen MR) is 46.1 cm³/mol. The first kappa shape index (κ1) is 7.43. The molecule has 1 aromatic carbocycles. The fourth-order valence-electron chi connectivity index (χ4n) is 1.46. The lowest BCUT2D eigenvalue weighted by atomic mass is 10.0. The van der Waals surface area contributed by atoms with Crippen molar-refractivity contribution in [1.82, 2.24) is 0 Å². The average Bonchev–Trinajstić information content (AvgIpc) is 2.03. The van der Waals surface area contributed by atoms with Crippen molar-refractivity contribution in [2.75, 3.05) is 5.32 Å². The van der Waals surface area contributed by atoms with Crippen molar-refractivity contribution in [2.24, 2.45) is 0 Å². The summed E-state index contributed by atoms with van der Waals surface area (Å²) >= 11 is 0. The second kappa shape index (κ2) is 2.68. The van der Waals surface area contributed by atoms with Gasteiger partial charge < -0.3 is 15.5 Å². The molecule has 0 fully saturated rings. The first-order valence-corrected chi connectivity index (χ1v) is 4.02. The standard InChI is InChI=1S/C9H11NO2/c11-7-3-1-6-2-4-9(12)10-8(6)5-7/h1,3,5,9-12H,2,4H2/t9-/m1/s1. The van der Waals surface area contributed by atoms with E-state index < -0.39 is 6.23 Å². The Hall–Kier alpha value is -1.22. The van der Waals surface area contributed by atoms with Crippen LogP contribution in [0.5, 0.6) is 5.75 Å².